The molecule has 6 nitrogen and oxygen atoms in total. The van der Waals surface area contributed by atoms with Gasteiger partial charge in [-0.25, -0.2) is 0 Å². The number of esters is 3. The van der Waals surface area contributed by atoms with Crippen LogP contribution in [0.25, 0.3) is 0 Å². The average Bonchev–Trinajstić information content (AvgIpc) is 3.29. The first-order chi connectivity index (χ1) is 31.5. The van der Waals surface area contributed by atoms with Crippen molar-refractivity contribution in [3.05, 3.63) is 97.2 Å². The van der Waals surface area contributed by atoms with Gasteiger partial charge in [-0.1, -0.05) is 208 Å². The Labute approximate surface area is 394 Å². The van der Waals surface area contributed by atoms with Crippen molar-refractivity contribution in [2.75, 3.05) is 13.2 Å². The van der Waals surface area contributed by atoms with Crippen molar-refractivity contribution < 1.29 is 28.6 Å². The van der Waals surface area contributed by atoms with Crippen molar-refractivity contribution in [3.8, 4) is 0 Å². The molecule has 0 aliphatic rings. The summed E-state index contributed by atoms with van der Waals surface area (Å²) >= 11 is 0. The first-order valence-electron chi connectivity index (χ1n) is 26.2. The van der Waals surface area contributed by atoms with Crippen molar-refractivity contribution in [3.63, 3.8) is 0 Å². The zero-order chi connectivity index (χ0) is 46.5. The molecule has 364 valence electrons. The molecule has 0 N–H and O–H groups in total. The summed E-state index contributed by atoms with van der Waals surface area (Å²) < 4.78 is 16.7. The van der Waals surface area contributed by atoms with E-state index in [1.807, 2.05) is 0 Å². The third-order valence-electron chi connectivity index (χ3n) is 10.8. The number of hydrogen-bond donors (Lipinski definition) is 0. The molecule has 0 aliphatic carbocycles. The lowest BCUT2D eigenvalue weighted by atomic mass is 10.1. The minimum absolute atomic E-state index is 0.0877. The van der Waals surface area contributed by atoms with E-state index in [9.17, 15) is 14.4 Å². The third kappa shape index (κ3) is 49.3. The smallest absolute Gasteiger partial charge is 0.306 e. The van der Waals surface area contributed by atoms with Crippen LogP contribution in [0.3, 0.4) is 0 Å². The van der Waals surface area contributed by atoms with Crippen LogP contribution in [-0.4, -0.2) is 37.2 Å². The highest BCUT2D eigenvalue weighted by molar-refractivity contribution is 5.71. The summed E-state index contributed by atoms with van der Waals surface area (Å²) in [7, 11) is 0. The van der Waals surface area contributed by atoms with Gasteiger partial charge < -0.3 is 14.2 Å². The van der Waals surface area contributed by atoms with Gasteiger partial charge in [0.05, 0.1) is 0 Å². The van der Waals surface area contributed by atoms with E-state index < -0.39 is 6.10 Å². The summed E-state index contributed by atoms with van der Waals surface area (Å²) in [5.41, 5.74) is 0. The fraction of sp³-hybridized carbons (Fsp3) is 0.672. The predicted molar refractivity (Wildman–Crippen MR) is 274 cm³/mol. The highest BCUT2D eigenvalue weighted by Crippen LogP contribution is 2.13. The van der Waals surface area contributed by atoms with Crippen LogP contribution in [0, 0.1) is 0 Å². The maximum atomic E-state index is 12.7. The number of ether oxygens (including phenoxy) is 3. The molecule has 0 rings (SSSR count). The monoisotopic (exact) mass is 889 g/mol. The topological polar surface area (TPSA) is 78.9 Å². The second-order valence-corrected chi connectivity index (χ2v) is 17.1. The molecule has 0 radical (unpaired) electrons. The van der Waals surface area contributed by atoms with E-state index in [0.29, 0.717) is 19.3 Å². The van der Waals surface area contributed by atoms with Crippen molar-refractivity contribution in [2.24, 2.45) is 0 Å². The van der Waals surface area contributed by atoms with E-state index in [4.69, 9.17) is 14.2 Å². The van der Waals surface area contributed by atoms with Crippen molar-refractivity contribution >= 4 is 17.9 Å². The largest absolute Gasteiger partial charge is 0.462 e. The number of hydrogen-bond acceptors (Lipinski definition) is 6. The standard InChI is InChI=1S/C58H96O6/c1-4-7-10-13-16-18-20-22-23-24-25-26-27-28-29-30-31-32-33-34-35-37-38-40-42-45-48-51-57(60)63-54-55(53-62-56(59)50-47-44-15-12-9-6-3)64-58(61)52-49-46-43-41-39-36-21-19-17-14-11-8-5-2/h7,10,16,18-19,21-23,25-26,28-29,31-32,34-35,55H,4-6,8-9,11-15,17,20,24,27,30,33,36-54H2,1-3H3/b10-7-,18-16-,21-19-,23-22-,26-25-,29-28-,32-31-,35-34-. The third-order valence-corrected chi connectivity index (χ3v) is 10.8. The van der Waals surface area contributed by atoms with E-state index >= 15 is 0 Å². The summed E-state index contributed by atoms with van der Waals surface area (Å²) in [6.45, 7) is 6.41. The molecule has 64 heavy (non-hydrogen) atoms. The minimum Gasteiger partial charge on any atom is -0.462 e. The Morgan fingerprint density at radius 1 is 0.328 bits per heavy atom. The molecule has 0 aromatic rings. The molecule has 0 saturated heterocycles. The lowest BCUT2D eigenvalue weighted by molar-refractivity contribution is -0.167. The maximum absolute atomic E-state index is 12.7. The van der Waals surface area contributed by atoms with Gasteiger partial charge in [0.2, 0.25) is 0 Å². The van der Waals surface area contributed by atoms with Crippen molar-refractivity contribution in [2.45, 2.75) is 239 Å². The summed E-state index contributed by atoms with van der Waals surface area (Å²) in [5.74, 6) is -0.930. The first-order valence-corrected chi connectivity index (χ1v) is 26.2. The van der Waals surface area contributed by atoms with Crippen LogP contribution in [0.4, 0.5) is 0 Å². The summed E-state index contributed by atoms with van der Waals surface area (Å²) in [6.07, 6.45) is 68.5. The molecule has 0 aromatic heterocycles. The van der Waals surface area contributed by atoms with E-state index in [1.54, 1.807) is 0 Å². The van der Waals surface area contributed by atoms with Gasteiger partial charge in [-0.3, -0.25) is 14.4 Å². The van der Waals surface area contributed by atoms with Gasteiger partial charge in [-0.15, -0.1) is 0 Å². The number of carbonyl (C=O) groups is 3. The Kier molecular flexibility index (Phi) is 49.0. The SMILES string of the molecule is CC/C=C\C/C=C\C/C=C\C/C=C\C/C=C\C/C=C\C/C=C\CCCCCCCC(=O)OCC(COC(=O)CCCCCCCC)OC(=O)CCCCCCC/C=C\CCCCCC. The molecule has 0 aromatic carbocycles. The fourth-order valence-corrected chi connectivity index (χ4v) is 6.89. The first kappa shape index (κ1) is 60.3. The van der Waals surface area contributed by atoms with Gasteiger partial charge in [0.25, 0.3) is 0 Å². The van der Waals surface area contributed by atoms with E-state index in [-0.39, 0.29) is 31.1 Å². The fourth-order valence-electron chi connectivity index (χ4n) is 6.89. The van der Waals surface area contributed by atoms with E-state index in [0.717, 1.165) is 135 Å². The molecule has 0 saturated carbocycles. The Balaban J connectivity index is 4.21. The molecule has 0 fully saturated rings. The zero-order valence-corrected chi connectivity index (χ0v) is 41.5. The Morgan fingerprint density at radius 3 is 0.984 bits per heavy atom. The van der Waals surface area contributed by atoms with Gasteiger partial charge in [0, 0.05) is 19.3 Å². The lowest BCUT2D eigenvalue weighted by Gasteiger charge is -2.18. The predicted octanol–water partition coefficient (Wildman–Crippen LogP) is 17.4. The van der Waals surface area contributed by atoms with Crippen LogP contribution in [0.2, 0.25) is 0 Å². The average molecular weight is 889 g/mol. The van der Waals surface area contributed by atoms with Crippen LogP contribution in [0.5, 0.6) is 0 Å². The molecule has 0 aliphatic heterocycles. The van der Waals surface area contributed by atoms with Gasteiger partial charge in [-0.05, 0) is 103 Å². The molecular formula is C58H96O6. The van der Waals surface area contributed by atoms with Crippen LogP contribution in [0.1, 0.15) is 233 Å². The molecule has 0 spiro atoms. The molecule has 1 atom stereocenters. The van der Waals surface area contributed by atoms with Crippen LogP contribution in [0.15, 0.2) is 97.2 Å². The molecule has 0 amide bonds. The zero-order valence-electron chi connectivity index (χ0n) is 41.5. The second kappa shape index (κ2) is 52.0. The molecule has 6 heteroatoms. The van der Waals surface area contributed by atoms with Crippen LogP contribution >= 0.6 is 0 Å². The Morgan fingerprint density at radius 2 is 0.609 bits per heavy atom. The molecular weight excluding hydrogens is 793 g/mol. The van der Waals surface area contributed by atoms with Gasteiger partial charge in [-0.2, -0.15) is 0 Å². The maximum Gasteiger partial charge on any atom is 0.306 e. The quantitative estimate of drug-likeness (QED) is 0.0262. The van der Waals surface area contributed by atoms with E-state index in [1.165, 1.54) is 57.8 Å². The number of rotatable bonds is 46. The highest BCUT2D eigenvalue weighted by Gasteiger charge is 2.19. The van der Waals surface area contributed by atoms with Crippen LogP contribution < -0.4 is 0 Å². The Bertz CT molecular complexity index is 1300. The summed E-state index contributed by atoms with van der Waals surface area (Å²) in [5, 5.41) is 0. The highest BCUT2D eigenvalue weighted by atomic mass is 16.6. The molecule has 0 bridgehead atoms. The number of carbonyl (C=O) groups excluding carboxylic acids is 3. The summed E-state index contributed by atoms with van der Waals surface area (Å²) in [4.78, 5) is 37.7. The van der Waals surface area contributed by atoms with E-state index in [2.05, 4.69) is 118 Å². The molecule has 1 unspecified atom stereocenters. The van der Waals surface area contributed by atoms with Crippen LogP contribution in [-0.2, 0) is 28.6 Å². The summed E-state index contributed by atoms with van der Waals surface area (Å²) in [6, 6.07) is 0. The minimum atomic E-state index is -0.786. The lowest BCUT2D eigenvalue weighted by Crippen LogP contribution is -2.30. The van der Waals surface area contributed by atoms with Gasteiger partial charge >= 0.3 is 17.9 Å². The van der Waals surface area contributed by atoms with Crippen molar-refractivity contribution in [1.82, 2.24) is 0 Å². The number of unbranched alkanes of at least 4 members (excludes halogenated alkanes) is 19. The molecule has 0 heterocycles. The second-order valence-electron chi connectivity index (χ2n) is 17.1. The van der Waals surface area contributed by atoms with Gasteiger partial charge in [0.1, 0.15) is 13.2 Å². The Hall–Kier alpha value is -3.67. The number of allylic oxidation sites excluding steroid dienone is 16. The van der Waals surface area contributed by atoms with Gasteiger partial charge in [0.15, 0.2) is 6.10 Å². The normalized spacial score (nSPS) is 12.9. The van der Waals surface area contributed by atoms with Crippen molar-refractivity contribution in [1.29, 1.82) is 0 Å².